The SMILES string of the molecule is COc1ccc(OCCCC(=O)N[C@H](c2ccc(OC)cc2)C2CC2)cc1. The van der Waals surface area contributed by atoms with Crippen LogP contribution in [0.3, 0.4) is 0 Å². The Balaban J connectivity index is 1.43. The molecule has 27 heavy (non-hydrogen) atoms. The zero-order valence-corrected chi connectivity index (χ0v) is 15.9. The van der Waals surface area contributed by atoms with Crippen molar-refractivity contribution in [2.75, 3.05) is 20.8 Å². The van der Waals surface area contributed by atoms with Crippen LogP contribution in [0.1, 0.15) is 37.3 Å². The number of ether oxygens (including phenoxy) is 3. The normalized spacial score (nSPS) is 14.3. The zero-order valence-electron chi connectivity index (χ0n) is 15.9. The van der Waals surface area contributed by atoms with Gasteiger partial charge in [0.25, 0.3) is 0 Å². The van der Waals surface area contributed by atoms with Crippen molar-refractivity contribution in [3.05, 3.63) is 54.1 Å². The maximum atomic E-state index is 12.4. The third kappa shape index (κ3) is 5.64. The van der Waals surface area contributed by atoms with E-state index in [1.165, 1.54) is 0 Å². The van der Waals surface area contributed by atoms with Gasteiger partial charge in [-0.15, -0.1) is 0 Å². The first-order valence-corrected chi connectivity index (χ1v) is 9.40. The molecule has 0 aromatic heterocycles. The molecule has 1 atom stereocenters. The Hall–Kier alpha value is -2.69. The molecule has 0 heterocycles. The van der Waals surface area contributed by atoms with Gasteiger partial charge in [0.15, 0.2) is 0 Å². The van der Waals surface area contributed by atoms with E-state index < -0.39 is 0 Å². The van der Waals surface area contributed by atoms with Gasteiger partial charge in [0, 0.05) is 6.42 Å². The van der Waals surface area contributed by atoms with E-state index in [-0.39, 0.29) is 11.9 Å². The molecule has 1 aliphatic carbocycles. The van der Waals surface area contributed by atoms with Crippen LogP contribution >= 0.6 is 0 Å². The van der Waals surface area contributed by atoms with Crippen molar-refractivity contribution in [3.63, 3.8) is 0 Å². The molecule has 5 heteroatoms. The average molecular weight is 369 g/mol. The first-order chi connectivity index (χ1) is 13.2. The Morgan fingerprint density at radius 1 is 0.963 bits per heavy atom. The number of rotatable bonds is 10. The molecule has 1 aliphatic rings. The summed E-state index contributed by atoms with van der Waals surface area (Å²) >= 11 is 0. The fourth-order valence-electron chi connectivity index (χ4n) is 3.05. The van der Waals surface area contributed by atoms with Gasteiger partial charge in [0.2, 0.25) is 5.91 Å². The zero-order chi connectivity index (χ0) is 19.1. The van der Waals surface area contributed by atoms with Gasteiger partial charge in [-0.05, 0) is 67.1 Å². The highest BCUT2D eigenvalue weighted by molar-refractivity contribution is 5.76. The van der Waals surface area contributed by atoms with Crippen LogP contribution in [0.5, 0.6) is 17.2 Å². The second kappa shape index (κ2) is 9.31. The maximum Gasteiger partial charge on any atom is 0.220 e. The van der Waals surface area contributed by atoms with Crippen molar-refractivity contribution in [3.8, 4) is 17.2 Å². The van der Waals surface area contributed by atoms with Crippen molar-refractivity contribution in [1.82, 2.24) is 5.32 Å². The van der Waals surface area contributed by atoms with Crippen molar-refractivity contribution < 1.29 is 19.0 Å². The largest absolute Gasteiger partial charge is 0.497 e. The number of nitrogens with one attached hydrogen (secondary N) is 1. The number of carbonyl (C=O) groups is 1. The molecule has 2 aromatic carbocycles. The van der Waals surface area contributed by atoms with E-state index in [1.807, 2.05) is 48.5 Å². The molecule has 0 aliphatic heterocycles. The summed E-state index contributed by atoms with van der Waals surface area (Å²) in [6, 6.07) is 15.5. The smallest absolute Gasteiger partial charge is 0.220 e. The molecular formula is C22H27NO4. The van der Waals surface area contributed by atoms with Crippen LogP contribution in [-0.2, 0) is 4.79 Å². The molecule has 2 aromatic rings. The summed E-state index contributed by atoms with van der Waals surface area (Å²) in [6.07, 6.45) is 3.46. The fraction of sp³-hybridized carbons (Fsp3) is 0.409. The summed E-state index contributed by atoms with van der Waals surface area (Å²) in [5.41, 5.74) is 1.14. The van der Waals surface area contributed by atoms with Crippen LogP contribution in [-0.4, -0.2) is 26.7 Å². The van der Waals surface area contributed by atoms with E-state index in [1.54, 1.807) is 14.2 Å². The van der Waals surface area contributed by atoms with Crippen molar-refractivity contribution in [2.24, 2.45) is 5.92 Å². The van der Waals surface area contributed by atoms with Crippen LogP contribution < -0.4 is 19.5 Å². The van der Waals surface area contributed by atoms with Crippen LogP contribution in [0.2, 0.25) is 0 Å². The van der Waals surface area contributed by atoms with Crippen LogP contribution in [0, 0.1) is 5.92 Å². The number of methoxy groups -OCH3 is 2. The Morgan fingerprint density at radius 3 is 2.07 bits per heavy atom. The molecule has 1 fully saturated rings. The molecule has 0 saturated heterocycles. The van der Waals surface area contributed by atoms with Gasteiger partial charge in [-0.2, -0.15) is 0 Å². The van der Waals surface area contributed by atoms with Gasteiger partial charge in [-0.3, -0.25) is 4.79 Å². The lowest BCUT2D eigenvalue weighted by molar-refractivity contribution is -0.122. The number of benzene rings is 2. The molecule has 0 unspecified atom stereocenters. The quantitative estimate of drug-likeness (QED) is 0.640. The summed E-state index contributed by atoms with van der Waals surface area (Å²) in [7, 11) is 3.29. The van der Waals surface area contributed by atoms with Crippen molar-refractivity contribution in [2.45, 2.75) is 31.7 Å². The standard InChI is InChI=1S/C22H27NO4/c1-25-18-9-7-17(8-10-18)22(16-5-6-16)23-21(24)4-3-15-27-20-13-11-19(26-2)12-14-20/h7-14,16,22H,3-6,15H2,1-2H3,(H,23,24)/t22-/m0/s1. The fourth-order valence-corrected chi connectivity index (χ4v) is 3.05. The first-order valence-electron chi connectivity index (χ1n) is 9.40. The van der Waals surface area contributed by atoms with E-state index in [2.05, 4.69) is 5.32 Å². The Labute approximate surface area is 160 Å². The summed E-state index contributed by atoms with van der Waals surface area (Å²) in [5, 5.41) is 3.19. The molecule has 1 amide bonds. The summed E-state index contributed by atoms with van der Waals surface area (Å²) < 4.78 is 16.0. The highest BCUT2D eigenvalue weighted by Crippen LogP contribution is 2.41. The lowest BCUT2D eigenvalue weighted by atomic mass is 10.0. The van der Waals surface area contributed by atoms with Gasteiger partial charge < -0.3 is 19.5 Å². The molecule has 0 spiro atoms. The van der Waals surface area contributed by atoms with Gasteiger partial charge in [0.1, 0.15) is 17.2 Å². The summed E-state index contributed by atoms with van der Waals surface area (Å²) in [4.78, 5) is 12.4. The minimum Gasteiger partial charge on any atom is -0.497 e. The van der Waals surface area contributed by atoms with Crippen molar-refractivity contribution >= 4 is 5.91 Å². The van der Waals surface area contributed by atoms with E-state index >= 15 is 0 Å². The van der Waals surface area contributed by atoms with Gasteiger partial charge in [-0.25, -0.2) is 0 Å². The number of hydrogen-bond donors (Lipinski definition) is 1. The van der Waals surface area contributed by atoms with E-state index in [9.17, 15) is 4.79 Å². The second-order valence-electron chi connectivity index (χ2n) is 6.78. The molecular weight excluding hydrogens is 342 g/mol. The van der Waals surface area contributed by atoms with Crippen LogP contribution in [0.25, 0.3) is 0 Å². The lowest BCUT2D eigenvalue weighted by Crippen LogP contribution is -2.29. The highest BCUT2D eigenvalue weighted by Gasteiger charge is 2.33. The molecule has 1 saturated carbocycles. The average Bonchev–Trinajstić information content (AvgIpc) is 3.55. The van der Waals surface area contributed by atoms with Crippen molar-refractivity contribution in [1.29, 1.82) is 0 Å². The molecule has 0 radical (unpaired) electrons. The number of carbonyl (C=O) groups excluding carboxylic acids is 1. The predicted octanol–water partition coefficient (Wildman–Crippen LogP) is 4.13. The predicted molar refractivity (Wildman–Crippen MR) is 104 cm³/mol. The monoisotopic (exact) mass is 369 g/mol. The summed E-state index contributed by atoms with van der Waals surface area (Å²) in [6.45, 7) is 0.510. The Morgan fingerprint density at radius 2 is 1.52 bits per heavy atom. The Bertz CT molecular complexity index is 723. The molecule has 1 N–H and O–H groups in total. The minimum absolute atomic E-state index is 0.0704. The lowest BCUT2D eigenvalue weighted by Gasteiger charge is -2.19. The van der Waals surface area contributed by atoms with Crippen LogP contribution in [0.4, 0.5) is 0 Å². The maximum absolute atomic E-state index is 12.4. The molecule has 144 valence electrons. The van der Waals surface area contributed by atoms with E-state index in [0.717, 1.165) is 35.7 Å². The van der Waals surface area contributed by atoms with E-state index in [4.69, 9.17) is 14.2 Å². The van der Waals surface area contributed by atoms with Gasteiger partial charge in [-0.1, -0.05) is 12.1 Å². The summed E-state index contributed by atoms with van der Waals surface area (Å²) in [5.74, 6) is 3.02. The molecule has 0 bridgehead atoms. The van der Waals surface area contributed by atoms with E-state index in [0.29, 0.717) is 25.4 Å². The molecule has 3 rings (SSSR count). The third-order valence-electron chi connectivity index (χ3n) is 4.76. The minimum atomic E-state index is 0.0704. The van der Waals surface area contributed by atoms with Gasteiger partial charge in [0.05, 0.1) is 26.9 Å². The van der Waals surface area contributed by atoms with Gasteiger partial charge >= 0.3 is 0 Å². The highest BCUT2D eigenvalue weighted by atomic mass is 16.5. The van der Waals surface area contributed by atoms with Crippen LogP contribution in [0.15, 0.2) is 48.5 Å². The molecule has 5 nitrogen and oxygen atoms in total. The first kappa shape index (κ1) is 19.1. The third-order valence-corrected chi connectivity index (χ3v) is 4.76. The number of hydrogen-bond acceptors (Lipinski definition) is 4. The Kier molecular flexibility index (Phi) is 6.58. The second-order valence-corrected chi connectivity index (χ2v) is 6.78. The topological polar surface area (TPSA) is 56.8 Å². The number of amides is 1.